The number of halogens is 1. The van der Waals surface area contributed by atoms with Crippen LogP contribution in [0.2, 0.25) is 5.02 Å². The van der Waals surface area contributed by atoms with Crippen LogP contribution in [0.15, 0.2) is 24.3 Å². The molecular formula is C17H21ClN4O. The third kappa shape index (κ3) is 3.92. The van der Waals surface area contributed by atoms with Crippen LogP contribution in [0, 0.1) is 6.92 Å². The largest absolute Gasteiger partial charge is 0.394 e. The van der Waals surface area contributed by atoms with E-state index < -0.39 is 0 Å². The maximum atomic E-state index is 9.21. The van der Waals surface area contributed by atoms with Crippen LogP contribution in [0.4, 0.5) is 17.5 Å². The first kappa shape index (κ1) is 16.0. The molecule has 0 aliphatic heterocycles. The number of aliphatic hydroxyl groups is 1. The van der Waals surface area contributed by atoms with Crippen LogP contribution in [0.25, 0.3) is 0 Å². The minimum atomic E-state index is -0.0978. The molecule has 122 valence electrons. The summed E-state index contributed by atoms with van der Waals surface area (Å²) in [5, 5.41) is 16.3. The molecular weight excluding hydrogens is 312 g/mol. The van der Waals surface area contributed by atoms with Crippen LogP contribution >= 0.6 is 11.6 Å². The Bertz CT molecular complexity index is 683. The Morgan fingerprint density at radius 2 is 2.13 bits per heavy atom. The smallest absolute Gasteiger partial charge is 0.225 e. The summed E-state index contributed by atoms with van der Waals surface area (Å²) in [6.07, 6.45) is 2.33. The van der Waals surface area contributed by atoms with E-state index in [0.717, 1.165) is 29.8 Å². The van der Waals surface area contributed by atoms with Crippen LogP contribution in [-0.2, 0) is 0 Å². The topological polar surface area (TPSA) is 70.1 Å². The van der Waals surface area contributed by atoms with E-state index in [1.54, 1.807) is 0 Å². The van der Waals surface area contributed by atoms with Crippen molar-refractivity contribution in [3.63, 3.8) is 0 Å². The first-order chi connectivity index (χ1) is 11.1. The number of aliphatic hydroxyl groups excluding tert-OH is 1. The van der Waals surface area contributed by atoms with Gasteiger partial charge in [0, 0.05) is 18.0 Å². The van der Waals surface area contributed by atoms with Crippen molar-refractivity contribution in [1.29, 1.82) is 0 Å². The molecule has 1 atom stereocenters. The van der Waals surface area contributed by atoms with Crippen molar-refractivity contribution in [2.75, 3.05) is 17.2 Å². The van der Waals surface area contributed by atoms with Crippen molar-refractivity contribution in [1.82, 2.24) is 9.97 Å². The molecule has 1 aromatic heterocycles. The molecule has 1 aromatic carbocycles. The Morgan fingerprint density at radius 3 is 2.78 bits per heavy atom. The third-order valence-electron chi connectivity index (χ3n) is 3.87. The van der Waals surface area contributed by atoms with Gasteiger partial charge < -0.3 is 15.7 Å². The number of benzene rings is 1. The summed E-state index contributed by atoms with van der Waals surface area (Å²) in [5.74, 6) is 1.75. The number of anilines is 3. The molecule has 0 amide bonds. The minimum Gasteiger partial charge on any atom is -0.394 e. The quantitative estimate of drug-likeness (QED) is 0.749. The monoisotopic (exact) mass is 332 g/mol. The van der Waals surface area contributed by atoms with Crippen molar-refractivity contribution < 1.29 is 5.11 Å². The van der Waals surface area contributed by atoms with E-state index in [4.69, 9.17) is 11.6 Å². The number of nitrogens with one attached hydrogen (secondary N) is 2. The lowest BCUT2D eigenvalue weighted by molar-refractivity contribution is 0.281. The van der Waals surface area contributed by atoms with E-state index in [2.05, 4.69) is 20.6 Å². The molecule has 3 rings (SSSR count). The Morgan fingerprint density at radius 1 is 1.35 bits per heavy atom. The van der Waals surface area contributed by atoms with Crippen LogP contribution in [-0.4, -0.2) is 27.7 Å². The highest BCUT2D eigenvalue weighted by molar-refractivity contribution is 6.33. The molecule has 1 saturated carbocycles. The SMILES string of the molecule is Cc1cccc(Cl)c1Nc1cc(C2CC2)nc(N[C@H](C)CO)n1. The summed E-state index contributed by atoms with van der Waals surface area (Å²) in [6, 6.07) is 7.67. The highest BCUT2D eigenvalue weighted by Crippen LogP contribution is 2.40. The highest BCUT2D eigenvalue weighted by Gasteiger charge is 2.26. The maximum Gasteiger partial charge on any atom is 0.225 e. The van der Waals surface area contributed by atoms with Crippen molar-refractivity contribution >= 4 is 29.1 Å². The molecule has 23 heavy (non-hydrogen) atoms. The number of para-hydroxylation sites is 1. The molecule has 6 heteroatoms. The lowest BCUT2D eigenvalue weighted by Crippen LogP contribution is -2.21. The first-order valence-electron chi connectivity index (χ1n) is 7.85. The van der Waals surface area contributed by atoms with Gasteiger partial charge >= 0.3 is 0 Å². The van der Waals surface area contributed by atoms with Gasteiger partial charge in [0.05, 0.1) is 23.0 Å². The number of aryl methyl sites for hydroxylation is 1. The van der Waals surface area contributed by atoms with Crippen LogP contribution in [0.3, 0.4) is 0 Å². The van der Waals surface area contributed by atoms with Gasteiger partial charge in [0.15, 0.2) is 0 Å². The fourth-order valence-corrected chi connectivity index (χ4v) is 2.64. The molecule has 0 spiro atoms. The fourth-order valence-electron chi connectivity index (χ4n) is 2.37. The number of rotatable bonds is 6. The zero-order valence-electron chi connectivity index (χ0n) is 13.3. The molecule has 1 aliphatic rings. The van der Waals surface area contributed by atoms with Crippen LogP contribution in [0.5, 0.6) is 0 Å². The van der Waals surface area contributed by atoms with Gasteiger partial charge in [-0.15, -0.1) is 0 Å². The normalized spacial score (nSPS) is 15.3. The van der Waals surface area contributed by atoms with E-state index in [9.17, 15) is 5.11 Å². The average molecular weight is 333 g/mol. The summed E-state index contributed by atoms with van der Waals surface area (Å²) in [6.45, 7) is 3.92. The van der Waals surface area contributed by atoms with Crippen molar-refractivity contribution in [2.24, 2.45) is 0 Å². The van der Waals surface area contributed by atoms with Gasteiger partial charge in [-0.25, -0.2) is 4.98 Å². The number of aromatic nitrogens is 2. The van der Waals surface area contributed by atoms with Gasteiger partial charge in [0.1, 0.15) is 5.82 Å². The van der Waals surface area contributed by atoms with Gasteiger partial charge in [0.2, 0.25) is 5.95 Å². The molecule has 0 bridgehead atoms. The van der Waals surface area contributed by atoms with Gasteiger partial charge in [-0.05, 0) is 38.3 Å². The zero-order valence-corrected chi connectivity index (χ0v) is 14.1. The minimum absolute atomic E-state index is 0.0312. The number of hydrogen-bond donors (Lipinski definition) is 3. The Balaban J connectivity index is 1.91. The van der Waals surface area contributed by atoms with Crippen LogP contribution in [0.1, 0.15) is 36.9 Å². The first-order valence-corrected chi connectivity index (χ1v) is 8.23. The van der Waals surface area contributed by atoms with Gasteiger partial charge in [-0.1, -0.05) is 23.7 Å². The molecule has 0 unspecified atom stereocenters. The lowest BCUT2D eigenvalue weighted by atomic mass is 10.2. The summed E-state index contributed by atoms with van der Waals surface area (Å²) < 4.78 is 0. The van der Waals surface area contributed by atoms with Crippen molar-refractivity contribution in [2.45, 2.75) is 38.6 Å². The second-order valence-electron chi connectivity index (χ2n) is 6.06. The third-order valence-corrected chi connectivity index (χ3v) is 4.18. The predicted molar refractivity (Wildman–Crippen MR) is 93.6 cm³/mol. The second kappa shape index (κ2) is 6.72. The second-order valence-corrected chi connectivity index (χ2v) is 6.47. The fraction of sp³-hybridized carbons (Fsp3) is 0.412. The predicted octanol–water partition coefficient (Wildman–Crippen LogP) is 3.85. The van der Waals surface area contributed by atoms with E-state index >= 15 is 0 Å². The van der Waals surface area contributed by atoms with Crippen molar-refractivity contribution in [3.05, 3.63) is 40.5 Å². The lowest BCUT2D eigenvalue weighted by Gasteiger charge is -2.15. The van der Waals surface area contributed by atoms with E-state index in [-0.39, 0.29) is 12.6 Å². The summed E-state index contributed by atoms with van der Waals surface area (Å²) in [5.41, 5.74) is 2.94. The molecule has 0 radical (unpaired) electrons. The average Bonchev–Trinajstić information content (AvgIpc) is 3.35. The Labute approximate surface area is 141 Å². The van der Waals surface area contributed by atoms with Crippen molar-refractivity contribution in [3.8, 4) is 0 Å². The molecule has 1 aliphatic carbocycles. The van der Waals surface area contributed by atoms with Gasteiger partial charge in [0.25, 0.3) is 0 Å². The number of hydrogen-bond acceptors (Lipinski definition) is 5. The molecule has 2 aromatic rings. The zero-order chi connectivity index (χ0) is 16.4. The molecule has 1 fully saturated rings. The molecule has 1 heterocycles. The van der Waals surface area contributed by atoms with Gasteiger partial charge in [-0.2, -0.15) is 4.98 Å². The molecule has 5 nitrogen and oxygen atoms in total. The molecule has 0 saturated heterocycles. The number of nitrogens with zero attached hydrogens (tertiary/aromatic N) is 2. The maximum absolute atomic E-state index is 9.21. The molecule has 3 N–H and O–H groups in total. The van der Waals surface area contributed by atoms with Gasteiger partial charge in [-0.3, -0.25) is 0 Å². The van der Waals surface area contributed by atoms with E-state index in [0.29, 0.717) is 22.7 Å². The summed E-state index contributed by atoms with van der Waals surface area (Å²) in [7, 11) is 0. The van der Waals surface area contributed by atoms with E-state index in [1.165, 1.54) is 0 Å². The Hall–Kier alpha value is -1.85. The van der Waals surface area contributed by atoms with Crippen LogP contribution < -0.4 is 10.6 Å². The Kier molecular flexibility index (Phi) is 4.68. The highest BCUT2D eigenvalue weighted by atomic mass is 35.5. The van der Waals surface area contributed by atoms with E-state index in [1.807, 2.05) is 38.1 Å². The summed E-state index contributed by atoms with van der Waals surface area (Å²) in [4.78, 5) is 9.07. The standard InChI is InChI=1S/C17H21ClN4O/c1-10-4-3-5-13(18)16(10)21-15-8-14(12-6-7-12)20-17(22-15)19-11(2)9-23/h3-5,8,11-12,23H,6-7,9H2,1-2H3,(H2,19,20,21,22)/t11-/m1/s1. The summed E-state index contributed by atoms with van der Waals surface area (Å²) >= 11 is 6.29.